The van der Waals surface area contributed by atoms with Crippen LogP contribution in [0.15, 0.2) is 0 Å². The summed E-state index contributed by atoms with van der Waals surface area (Å²) in [4.78, 5) is 11.2. The fourth-order valence-electron chi connectivity index (χ4n) is 1.87. The van der Waals surface area contributed by atoms with Gasteiger partial charge in [-0.2, -0.15) is 0 Å². The van der Waals surface area contributed by atoms with E-state index in [1.54, 1.807) is 13.8 Å². The molecule has 0 spiro atoms. The molecule has 0 saturated carbocycles. The molecule has 1 heterocycles. The van der Waals surface area contributed by atoms with Gasteiger partial charge in [-0.05, 0) is 39.5 Å². The Bertz CT molecular complexity index is 223. The summed E-state index contributed by atoms with van der Waals surface area (Å²) < 4.78 is 5.25. The molecular weight excluding hydrogens is 196 g/mol. The fourth-order valence-corrected chi connectivity index (χ4v) is 1.87. The third kappa shape index (κ3) is 3.47. The first-order chi connectivity index (χ1) is 6.86. The molecule has 0 amide bonds. The quantitative estimate of drug-likeness (QED) is 0.745. The maximum atomic E-state index is 11.2. The number of carboxylic acid groups (broad SMARTS) is 1. The van der Waals surface area contributed by atoms with Gasteiger partial charge in [0, 0.05) is 6.61 Å². The van der Waals surface area contributed by atoms with Crippen LogP contribution in [-0.4, -0.2) is 35.0 Å². The second kappa shape index (κ2) is 4.49. The largest absolute Gasteiger partial charge is 0.481 e. The first kappa shape index (κ1) is 12.5. The molecule has 0 aromatic heterocycles. The van der Waals surface area contributed by atoms with E-state index in [9.17, 15) is 15.0 Å². The summed E-state index contributed by atoms with van der Waals surface area (Å²) in [6.07, 6.45) is 2.41. The molecular formula is C11H20O4. The molecule has 1 rings (SSSR count). The van der Waals surface area contributed by atoms with Crippen molar-refractivity contribution in [3.05, 3.63) is 0 Å². The lowest BCUT2D eigenvalue weighted by molar-refractivity contribution is -0.159. The maximum absolute atomic E-state index is 11.2. The van der Waals surface area contributed by atoms with Gasteiger partial charge < -0.3 is 14.9 Å². The Morgan fingerprint density at radius 2 is 2.20 bits per heavy atom. The van der Waals surface area contributed by atoms with Gasteiger partial charge >= 0.3 is 5.97 Å². The van der Waals surface area contributed by atoms with Gasteiger partial charge in [0.15, 0.2) is 0 Å². The van der Waals surface area contributed by atoms with Crippen molar-refractivity contribution in [1.82, 2.24) is 0 Å². The molecule has 15 heavy (non-hydrogen) atoms. The average Bonchev–Trinajstić information content (AvgIpc) is 2.15. The van der Waals surface area contributed by atoms with Gasteiger partial charge in [-0.1, -0.05) is 0 Å². The van der Waals surface area contributed by atoms with E-state index in [4.69, 9.17) is 4.74 Å². The summed E-state index contributed by atoms with van der Waals surface area (Å²) in [6.45, 7) is 4.33. The standard InChI is InChI=1S/C11H20O4/c1-10(2,14)5-6-11(9(12)13)4-3-7-15-8-11/h14H,3-8H2,1-2H3,(H,12,13). The van der Waals surface area contributed by atoms with E-state index in [2.05, 4.69) is 0 Å². The molecule has 1 aliphatic heterocycles. The Morgan fingerprint density at radius 1 is 1.53 bits per heavy atom. The normalized spacial score (nSPS) is 27.7. The highest BCUT2D eigenvalue weighted by Gasteiger charge is 2.41. The highest BCUT2D eigenvalue weighted by molar-refractivity contribution is 5.74. The minimum Gasteiger partial charge on any atom is -0.481 e. The van der Waals surface area contributed by atoms with Crippen molar-refractivity contribution in [3.8, 4) is 0 Å². The van der Waals surface area contributed by atoms with Crippen LogP contribution in [0.5, 0.6) is 0 Å². The van der Waals surface area contributed by atoms with Crippen LogP contribution in [0, 0.1) is 5.41 Å². The Hall–Kier alpha value is -0.610. The Kier molecular flexibility index (Phi) is 3.73. The van der Waals surface area contributed by atoms with E-state index in [0.29, 0.717) is 25.9 Å². The molecule has 1 saturated heterocycles. The lowest BCUT2D eigenvalue weighted by Gasteiger charge is -2.34. The molecule has 1 unspecified atom stereocenters. The molecule has 0 aromatic rings. The number of carboxylic acids is 1. The summed E-state index contributed by atoms with van der Waals surface area (Å²) in [7, 11) is 0. The molecule has 1 atom stereocenters. The minimum atomic E-state index is -0.806. The van der Waals surface area contributed by atoms with Crippen LogP contribution in [0.4, 0.5) is 0 Å². The topological polar surface area (TPSA) is 66.8 Å². The van der Waals surface area contributed by atoms with Crippen molar-refractivity contribution in [2.45, 2.75) is 45.1 Å². The monoisotopic (exact) mass is 216 g/mol. The predicted molar refractivity (Wildman–Crippen MR) is 55.7 cm³/mol. The van der Waals surface area contributed by atoms with Gasteiger partial charge in [-0.3, -0.25) is 4.79 Å². The smallest absolute Gasteiger partial charge is 0.311 e. The van der Waals surface area contributed by atoms with Crippen molar-refractivity contribution in [3.63, 3.8) is 0 Å². The molecule has 4 heteroatoms. The van der Waals surface area contributed by atoms with Gasteiger partial charge in [0.1, 0.15) is 0 Å². The number of carbonyl (C=O) groups is 1. The number of rotatable bonds is 4. The lowest BCUT2D eigenvalue weighted by atomic mass is 9.76. The van der Waals surface area contributed by atoms with E-state index >= 15 is 0 Å². The Morgan fingerprint density at radius 3 is 2.60 bits per heavy atom. The summed E-state index contributed by atoms with van der Waals surface area (Å²) in [5, 5.41) is 18.8. The molecule has 88 valence electrons. The van der Waals surface area contributed by atoms with Gasteiger partial charge in [-0.15, -0.1) is 0 Å². The molecule has 1 fully saturated rings. The SMILES string of the molecule is CC(C)(O)CCC1(C(=O)O)CCCOC1. The van der Waals surface area contributed by atoms with Crippen LogP contribution in [0.3, 0.4) is 0 Å². The van der Waals surface area contributed by atoms with E-state index < -0.39 is 17.0 Å². The zero-order chi connectivity index (χ0) is 11.5. The van der Waals surface area contributed by atoms with Crippen LogP contribution in [0.2, 0.25) is 0 Å². The summed E-state index contributed by atoms with van der Waals surface area (Å²) in [5.41, 5.74) is -1.59. The van der Waals surface area contributed by atoms with Gasteiger partial charge in [0.25, 0.3) is 0 Å². The lowest BCUT2D eigenvalue weighted by Crippen LogP contribution is -2.40. The number of aliphatic hydroxyl groups is 1. The maximum Gasteiger partial charge on any atom is 0.311 e. The van der Waals surface area contributed by atoms with Crippen LogP contribution in [0.25, 0.3) is 0 Å². The number of ether oxygens (including phenoxy) is 1. The molecule has 4 nitrogen and oxygen atoms in total. The molecule has 0 bridgehead atoms. The Labute approximate surface area is 90.2 Å². The zero-order valence-corrected chi connectivity index (χ0v) is 9.45. The first-order valence-electron chi connectivity index (χ1n) is 5.39. The minimum absolute atomic E-state index is 0.276. The van der Waals surface area contributed by atoms with Gasteiger partial charge in [0.2, 0.25) is 0 Å². The van der Waals surface area contributed by atoms with Crippen molar-refractivity contribution in [2.75, 3.05) is 13.2 Å². The van der Waals surface area contributed by atoms with Crippen LogP contribution in [-0.2, 0) is 9.53 Å². The van der Waals surface area contributed by atoms with E-state index in [1.165, 1.54) is 0 Å². The highest BCUT2D eigenvalue weighted by atomic mass is 16.5. The van der Waals surface area contributed by atoms with E-state index in [-0.39, 0.29) is 6.61 Å². The van der Waals surface area contributed by atoms with E-state index in [0.717, 1.165) is 6.42 Å². The molecule has 0 aliphatic carbocycles. The number of aliphatic carboxylic acids is 1. The average molecular weight is 216 g/mol. The molecule has 1 aliphatic rings. The number of hydrogen-bond donors (Lipinski definition) is 2. The Balaban J connectivity index is 2.61. The summed E-state index contributed by atoms with van der Waals surface area (Å²) >= 11 is 0. The molecule has 0 radical (unpaired) electrons. The van der Waals surface area contributed by atoms with Crippen LogP contribution < -0.4 is 0 Å². The summed E-state index contributed by atoms with van der Waals surface area (Å²) in [5.74, 6) is -0.800. The number of hydrogen-bond acceptors (Lipinski definition) is 3. The van der Waals surface area contributed by atoms with Crippen LogP contribution >= 0.6 is 0 Å². The van der Waals surface area contributed by atoms with Crippen molar-refractivity contribution >= 4 is 5.97 Å². The zero-order valence-electron chi connectivity index (χ0n) is 9.45. The summed E-state index contributed by atoms with van der Waals surface area (Å²) in [6, 6.07) is 0. The third-order valence-corrected chi connectivity index (χ3v) is 2.99. The first-order valence-corrected chi connectivity index (χ1v) is 5.39. The second-order valence-corrected chi connectivity index (χ2v) is 5.05. The van der Waals surface area contributed by atoms with Gasteiger partial charge in [0.05, 0.1) is 17.6 Å². The fraction of sp³-hybridized carbons (Fsp3) is 0.909. The predicted octanol–water partition coefficient (Wildman–Crippen LogP) is 1.42. The third-order valence-electron chi connectivity index (χ3n) is 2.99. The van der Waals surface area contributed by atoms with E-state index in [1.807, 2.05) is 0 Å². The molecule has 2 N–H and O–H groups in total. The van der Waals surface area contributed by atoms with Crippen LogP contribution in [0.1, 0.15) is 39.5 Å². The van der Waals surface area contributed by atoms with Gasteiger partial charge in [-0.25, -0.2) is 0 Å². The van der Waals surface area contributed by atoms with Crippen molar-refractivity contribution in [1.29, 1.82) is 0 Å². The highest BCUT2D eigenvalue weighted by Crippen LogP contribution is 2.35. The second-order valence-electron chi connectivity index (χ2n) is 5.05. The van der Waals surface area contributed by atoms with Crippen molar-refractivity contribution in [2.24, 2.45) is 5.41 Å². The van der Waals surface area contributed by atoms with Crippen molar-refractivity contribution < 1.29 is 19.7 Å². The molecule has 0 aromatic carbocycles.